The summed E-state index contributed by atoms with van der Waals surface area (Å²) >= 11 is 6.31. The van der Waals surface area contributed by atoms with E-state index >= 15 is 4.39 Å². The Bertz CT molecular complexity index is 1890. The Morgan fingerprint density at radius 3 is 2.84 bits per heavy atom. The van der Waals surface area contributed by atoms with Crippen LogP contribution in [0.4, 0.5) is 4.39 Å². The molecule has 188 valence electrons. The average molecular weight is 528 g/mol. The Morgan fingerprint density at radius 2 is 2.00 bits per heavy atom. The van der Waals surface area contributed by atoms with E-state index in [1.54, 1.807) is 41.1 Å². The number of hydrogen-bond acceptors (Lipinski definition) is 6. The average Bonchev–Trinajstić information content (AvgIpc) is 3.70. The van der Waals surface area contributed by atoms with E-state index in [1.807, 2.05) is 12.1 Å². The fourth-order valence-corrected chi connectivity index (χ4v) is 5.55. The van der Waals surface area contributed by atoms with Crippen molar-refractivity contribution in [3.63, 3.8) is 0 Å². The van der Waals surface area contributed by atoms with E-state index in [0.717, 1.165) is 16.8 Å². The maximum absolute atomic E-state index is 15.1. The lowest BCUT2D eigenvalue weighted by Gasteiger charge is -2.17. The molecule has 4 aromatic heterocycles. The SMILES string of the molecule is C[C@H]1Cc2cc(-c3cc(Cl)ccc3-n3cnnn3)cc(=O)n2[C@@H]1c1ncc(-c2ccc3[nH]ncc3c2F)[nH]1. The number of benzene rings is 2. The Kier molecular flexibility index (Phi) is 5.02. The second-order valence-corrected chi connectivity index (χ2v) is 9.86. The number of rotatable bonds is 4. The Morgan fingerprint density at radius 1 is 1.11 bits per heavy atom. The molecule has 2 atom stereocenters. The van der Waals surface area contributed by atoms with Gasteiger partial charge in [-0.1, -0.05) is 18.5 Å². The van der Waals surface area contributed by atoms with Gasteiger partial charge in [-0.25, -0.2) is 9.37 Å². The van der Waals surface area contributed by atoms with Crippen LogP contribution in [0, 0.1) is 11.7 Å². The first-order chi connectivity index (χ1) is 18.5. The number of nitrogens with zero attached hydrogens (tertiary/aromatic N) is 7. The van der Waals surface area contributed by atoms with Gasteiger partial charge in [-0.15, -0.1) is 5.10 Å². The molecule has 0 saturated heterocycles. The van der Waals surface area contributed by atoms with Crippen molar-refractivity contribution in [2.24, 2.45) is 5.92 Å². The van der Waals surface area contributed by atoms with Crippen molar-refractivity contribution in [2.45, 2.75) is 19.4 Å². The summed E-state index contributed by atoms with van der Waals surface area (Å²) in [5.41, 5.74) is 4.42. The number of pyridine rings is 1. The number of nitrogens with one attached hydrogen (secondary N) is 2. The van der Waals surface area contributed by atoms with Crippen LogP contribution in [0.1, 0.15) is 24.5 Å². The molecule has 0 radical (unpaired) electrons. The van der Waals surface area contributed by atoms with Crippen LogP contribution in [-0.4, -0.2) is 44.9 Å². The first kappa shape index (κ1) is 22.5. The van der Waals surface area contributed by atoms with Crippen LogP contribution < -0.4 is 5.56 Å². The number of hydrogen-bond donors (Lipinski definition) is 2. The van der Waals surface area contributed by atoms with E-state index in [2.05, 4.69) is 42.6 Å². The summed E-state index contributed by atoms with van der Waals surface area (Å²) in [6.07, 6.45) is 5.23. The zero-order valence-corrected chi connectivity index (χ0v) is 20.7. The number of fused-ring (bicyclic) bond motifs is 2. The van der Waals surface area contributed by atoms with Crippen molar-refractivity contribution < 1.29 is 4.39 Å². The predicted octanol–water partition coefficient (Wildman–Crippen LogP) is 4.33. The van der Waals surface area contributed by atoms with Crippen LogP contribution in [0.15, 0.2) is 66.0 Å². The second-order valence-electron chi connectivity index (χ2n) is 9.43. The highest BCUT2D eigenvalue weighted by Crippen LogP contribution is 2.38. The summed E-state index contributed by atoms with van der Waals surface area (Å²) < 4.78 is 18.4. The molecular formula is C26H19ClFN9O. The molecule has 5 heterocycles. The Balaban J connectivity index is 1.30. The van der Waals surface area contributed by atoms with Gasteiger partial charge in [0.05, 0.1) is 40.7 Å². The molecule has 6 aromatic rings. The molecule has 10 nitrogen and oxygen atoms in total. The molecule has 38 heavy (non-hydrogen) atoms. The molecule has 0 aliphatic carbocycles. The molecule has 0 unspecified atom stereocenters. The number of aromatic nitrogens is 9. The van der Waals surface area contributed by atoms with Crippen molar-refractivity contribution in [2.75, 3.05) is 0 Å². The molecule has 0 saturated carbocycles. The maximum atomic E-state index is 15.1. The second kappa shape index (κ2) is 8.45. The minimum atomic E-state index is -0.381. The molecule has 0 fully saturated rings. The summed E-state index contributed by atoms with van der Waals surface area (Å²) in [6, 6.07) is 12.1. The monoisotopic (exact) mass is 527 g/mol. The number of tetrazole rings is 1. The van der Waals surface area contributed by atoms with Crippen LogP contribution in [0.5, 0.6) is 0 Å². The minimum absolute atomic E-state index is 0.0801. The maximum Gasteiger partial charge on any atom is 0.252 e. The van der Waals surface area contributed by atoms with E-state index in [9.17, 15) is 4.79 Å². The third-order valence-corrected chi connectivity index (χ3v) is 7.32. The van der Waals surface area contributed by atoms with E-state index in [4.69, 9.17) is 11.6 Å². The predicted molar refractivity (Wildman–Crippen MR) is 139 cm³/mol. The largest absolute Gasteiger partial charge is 0.340 e. The van der Waals surface area contributed by atoms with E-state index in [-0.39, 0.29) is 23.3 Å². The zero-order valence-electron chi connectivity index (χ0n) is 19.9. The molecule has 2 N–H and O–H groups in total. The van der Waals surface area contributed by atoms with Gasteiger partial charge in [0.1, 0.15) is 18.0 Å². The normalized spacial score (nSPS) is 16.8. The van der Waals surface area contributed by atoms with Crippen LogP contribution in [-0.2, 0) is 6.42 Å². The number of aromatic amines is 2. The number of H-pyrrole nitrogens is 2. The van der Waals surface area contributed by atoms with Crippen molar-refractivity contribution in [3.05, 3.63) is 93.9 Å². The van der Waals surface area contributed by atoms with Crippen molar-refractivity contribution in [3.8, 4) is 28.1 Å². The molecular weight excluding hydrogens is 509 g/mol. The van der Waals surface area contributed by atoms with Gasteiger partial charge in [-0.2, -0.15) is 9.78 Å². The third-order valence-electron chi connectivity index (χ3n) is 7.09. The van der Waals surface area contributed by atoms with Crippen molar-refractivity contribution >= 4 is 22.5 Å². The molecule has 0 spiro atoms. The molecule has 1 aliphatic rings. The van der Waals surface area contributed by atoms with Crippen LogP contribution in [0.25, 0.3) is 39.0 Å². The lowest BCUT2D eigenvalue weighted by Crippen LogP contribution is -2.25. The minimum Gasteiger partial charge on any atom is -0.340 e. The van der Waals surface area contributed by atoms with Gasteiger partial charge in [-0.05, 0) is 64.7 Å². The fourth-order valence-electron chi connectivity index (χ4n) is 5.38. The van der Waals surface area contributed by atoms with Gasteiger partial charge in [0.2, 0.25) is 0 Å². The van der Waals surface area contributed by atoms with Gasteiger partial charge in [0, 0.05) is 27.9 Å². The van der Waals surface area contributed by atoms with Crippen LogP contribution in [0.3, 0.4) is 0 Å². The lowest BCUT2D eigenvalue weighted by molar-refractivity contribution is 0.450. The Hall–Kier alpha value is -4.64. The number of halogens is 2. The van der Waals surface area contributed by atoms with Gasteiger partial charge < -0.3 is 9.55 Å². The van der Waals surface area contributed by atoms with Gasteiger partial charge in [-0.3, -0.25) is 9.89 Å². The molecule has 7 rings (SSSR count). The van der Waals surface area contributed by atoms with Crippen LogP contribution in [0.2, 0.25) is 5.02 Å². The summed E-state index contributed by atoms with van der Waals surface area (Å²) in [4.78, 5) is 21.4. The lowest BCUT2D eigenvalue weighted by atomic mass is 10.0. The quantitative estimate of drug-likeness (QED) is 0.352. The molecule has 0 amide bonds. The topological polar surface area (TPSA) is 123 Å². The standard InChI is InChI=1S/C26H19ClFN9O/c1-13-6-16-7-14(18-9-15(27)2-5-22(18)36-12-31-34-35-36)8-23(38)37(16)25(13)26-29-11-21(32-26)17-3-4-20-19(24(17)28)10-30-33-20/h2-5,7-13,25H,6H2,1H3,(H,29,32)(H,30,33)/t13-,25-/m0/s1. The van der Waals surface area contributed by atoms with E-state index in [1.165, 1.54) is 17.2 Å². The summed E-state index contributed by atoms with van der Waals surface area (Å²) in [5.74, 6) is 0.300. The van der Waals surface area contributed by atoms with Crippen molar-refractivity contribution in [1.82, 2.24) is 44.9 Å². The summed E-state index contributed by atoms with van der Waals surface area (Å²) in [6.45, 7) is 2.07. The highest BCUT2D eigenvalue weighted by atomic mass is 35.5. The fraction of sp³-hybridized carbons (Fsp3) is 0.154. The summed E-state index contributed by atoms with van der Waals surface area (Å²) in [7, 11) is 0. The van der Waals surface area contributed by atoms with Crippen LogP contribution >= 0.6 is 11.6 Å². The van der Waals surface area contributed by atoms with Gasteiger partial charge >= 0.3 is 0 Å². The van der Waals surface area contributed by atoms with E-state index in [0.29, 0.717) is 45.1 Å². The highest BCUT2D eigenvalue weighted by molar-refractivity contribution is 6.31. The molecule has 12 heteroatoms. The third kappa shape index (κ3) is 3.46. The first-order valence-electron chi connectivity index (χ1n) is 11.9. The van der Waals surface area contributed by atoms with E-state index < -0.39 is 0 Å². The summed E-state index contributed by atoms with van der Waals surface area (Å²) in [5, 5.41) is 19.1. The highest BCUT2D eigenvalue weighted by Gasteiger charge is 2.34. The molecule has 1 aliphatic heterocycles. The van der Waals surface area contributed by atoms with Crippen molar-refractivity contribution in [1.29, 1.82) is 0 Å². The molecule has 0 bridgehead atoms. The zero-order chi connectivity index (χ0) is 26.0. The smallest absolute Gasteiger partial charge is 0.252 e. The number of imidazole rings is 1. The Labute approximate surface area is 219 Å². The molecule has 2 aromatic carbocycles. The van der Waals surface area contributed by atoms with Gasteiger partial charge in [0.25, 0.3) is 5.56 Å². The van der Waals surface area contributed by atoms with Gasteiger partial charge in [0.15, 0.2) is 0 Å². The first-order valence-corrected chi connectivity index (χ1v) is 12.3.